The van der Waals surface area contributed by atoms with Gasteiger partial charge in [-0.25, -0.2) is 18.4 Å². The van der Waals surface area contributed by atoms with Crippen molar-refractivity contribution >= 4 is 65.7 Å². The van der Waals surface area contributed by atoms with Crippen LogP contribution >= 0.6 is 47.8 Å². The summed E-state index contributed by atoms with van der Waals surface area (Å²) in [5, 5.41) is 10.7. The Morgan fingerprint density at radius 3 is 1.85 bits per heavy atom. The largest absolute Gasteiger partial charge is 0.545 e. The number of benzene rings is 3. The second-order valence-electron chi connectivity index (χ2n) is 6.30. The summed E-state index contributed by atoms with van der Waals surface area (Å²) in [5.41, 5.74) is -2.15. The van der Waals surface area contributed by atoms with Gasteiger partial charge in [0.25, 0.3) is 0 Å². The molecule has 0 unspecified atom stereocenters. The summed E-state index contributed by atoms with van der Waals surface area (Å²) in [6.45, 7) is 0. The summed E-state index contributed by atoms with van der Waals surface area (Å²) in [5.74, 6) is -15.5. The van der Waals surface area contributed by atoms with Crippen molar-refractivity contribution in [1.29, 1.82) is 0 Å². The summed E-state index contributed by atoms with van der Waals surface area (Å²) in [7, 11) is 0. The van der Waals surface area contributed by atoms with E-state index in [-0.39, 0.29) is 16.9 Å². The number of aromatic carboxylic acids is 1. The molecule has 34 heavy (non-hydrogen) atoms. The van der Waals surface area contributed by atoms with Crippen LogP contribution in [0.3, 0.4) is 0 Å². The number of hydrogen-bond donors (Lipinski definition) is 0. The van der Waals surface area contributed by atoms with Gasteiger partial charge in [-0.2, -0.15) is 8.78 Å². The predicted octanol–water partition coefficient (Wildman–Crippen LogP) is 5.33. The van der Waals surface area contributed by atoms with Crippen LogP contribution in [0.25, 0.3) is 0 Å². The monoisotopic (exact) mass is 667 g/mol. The molecule has 0 aromatic heterocycles. The van der Waals surface area contributed by atoms with E-state index < -0.39 is 52.5 Å². The standard InChI is InChI=1S/C21H7Br3F4O6/c22-8-5-10(13(24)11(23)6-8)21(32)33-9-3-1-7(2-4-9)20(31)34-18-16(27)14(25)12(19(29)30)15(26)17(18)28/h1-6H,(H,29,30)/p-1. The van der Waals surface area contributed by atoms with E-state index in [2.05, 4.69) is 52.5 Å². The SMILES string of the molecule is O=C(Oc1c(F)c(F)c(C(=O)[O-])c(F)c1F)c1ccc(OC(=O)c2cc(Br)cc(Br)c2Br)cc1. The Balaban J connectivity index is 1.80. The van der Waals surface area contributed by atoms with Gasteiger partial charge in [0.2, 0.25) is 17.4 Å². The first-order valence-corrected chi connectivity index (χ1v) is 11.1. The van der Waals surface area contributed by atoms with Gasteiger partial charge in [0, 0.05) is 13.4 Å². The topological polar surface area (TPSA) is 92.7 Å². The molecule has 176 valence electrons. The molecule has 3 aromatic carbocycles. The molecule has 0 amide bonds. The van der Waals surface area contributed by atoms with E-state index in [1.807, 2.05) is 0 Å². The maximum Gasteiger partial charge on any atom is 0.344 e. The summed E-state index contributed by atoms with van der Waals surface area (Å²) >= 11 is 9.75. The summed E-state index contributed by atoms with van der Waals surface area (Å²) in [6, 6.07) is 7.60. The van der Waals surface area contributed by atoms with Gasteiger partial charge >= 0.3 is 11.9 Å². The van der Waals surface area contributed by atoms with Crippen LogP contribution in [0.4, 0.5) is 17.6 Å². The Labute approximate surface area is 212 Å². The third-order valence-electron chi connectivity index (χ3n) is 4.14. The molecule has 0 radical (unpaired) electrons. The van der Waals surface area contributed by atoms with Gasteiger partial charge in [0.05, 0.1) is 22.7 Å². The van der Waals surface area contributed by atoms with E-state index in [4.69, 9.17) is 4.74 Å². The Morgan fingerprint density at radius 1 is 0.765 bits per heavy atom. The molecule has 0 heterocycles. The van der Waals surface area contributed by atoms with E-state index in [0.29, 0.717) is 13.4 Å². The normalized spacial score (nSPS) is 10.7. The molecule has 0 saturated carbocycles. The molecular weight excluding hydrogens is 664 g/mol. The molecule has 3 aromatic rings. The number of halogens is 7. The third kappa shape index (κ3) is 5.15. The first-order valence-electron chi connectivity index (χ1n) is 8.68. The van der Waals surface area contributed by atoms with Crippen LogP contribution in [0.1, 0.15) is 31.1 Å². The number of carboxylic acids is 1. The number of carbonyl (C=O) groups excluding carboxylic acids is 3. The second-order valence-corrected chi connectivity index (χ2v) is 8.86. The van der Waals surface area contributed by atoms with Crippen LogP contribution in [-0.4, -0.2) is 17.9 Å². The molecule has 0 aliphatic carbocycles. The highest BCUT2D eigenvalue weighted by molar-refractivity contribution is 9.13. The fourth-order valence-corrected chi connectivity index (χ4v) is 4.17. The van der Waals surface area contributed by atoms with Crippen molar-refractivity contribution in [3.05, 3.63) is 89.8 Å². The van der Waals surface area contributed by atoms with Crippen molar-refractivity contribution in [3.63, 3.8) is 0 Å². The Bertz CT molecular complexity index is 1320. The zero-order chi connectivity index (χ0) is 25.3. The van der Waals surface area contributed by atoms with Gasteiger partial charge in [-0.05, 0) is 68.3 Å². The molecule has 3 rings (SSSR count). The fourth-order valence-electron chi connectivity index (χ4n) is 2.56. The zero-order valence-corrected chi connectivity index (χ0v) is 20.8. The molecule has 0 fully saturated rings. The average molecular weight is 670 g/mol. The van der Waals surface area contributed by atoms with Crippen LogP contribution in [0.2, 0.25) is 0 Å². The van der Waals surface area contributed by atoms with Crippen molar-refractivity contribution in [2.24, 2.45) is 0 Å². The number of hydrogen-bond acceptors (Lipinski definition) is 6. The molecule has 0 aliphatic heterocycles. The van der Waals surface area contributed by atoms with Crippen LogP contribution in [0, 0.1) is 23.3 Å². The smallest absolute Gasteiger partial charge is 0.344 e. The molecule has 6 nitrogen and oxygen atoms in total. The number of esters is 2. The highest BCUT2D eigenvalue weighted by atomic mass is 79.9. The van der Waals surface area contributed by atoms with Gasteiger partial charge in [-0.3, -0.25) is 0 Å². The predicted molar refractivity (Wildman–Crippen MR) is 117 cm³/mol. The lowest BCUT2D eigenvalue weighted by atomic mass is 10.1. The first kappa shape index (κ1) is 25.8. The van der Waals surface area contributed by atoms with E-state index in [1.54, 1.807) is 6.07 Å². The molecular formula is C21H6Br3F4O6-. The lowest BCUT2D eigenvalue weighted by molar-refractivity contribution is -0.255. The molecule has 0 spiro atoms. The van der Waals surface area contributed by atoms with Crippen LogP contribution in [0.15, 0.2) is 49.8 Å². The minimum Gasteiger partial charge on any atom is -0.545 e. The van der Waals surface area contributed by atoms with Crippen LogP contribution < -0.4 is 14.6 Å². The summed E-state index contributed by atoms with van der Waals surface area (Å²) < 4.78 is 66.6. The summed E-state index contributed by atoms with van der Waals surface area (Å²) in [6.07, 6.45) is 0. The van der Waals surface area contributed by atoms with Gasteiger partial charge in [0.15, 0.2) is 11.6 Å². The third-order valence-corrected chi connectivity index (χ3v) is 6.61. The molecule has 0 aliphatic rings. The second kappa shape index (κ2) is 10.2. The minimum atomic E-state index is -2.50. The van der Waals surface area contributed by atoms with Crippen LogP contribution in [-0.2, 0) is 0 Å². The Hall–Kier alpha value is -2.77. The number of rotatable bonds is 5. The molecule has 0 bridgehead atoms. The maximum absolute atomic E-state index is 14.0. The summed E-state index contributed by atoms with van der Waals surface area (Å²) in [4.78, 5) is 35.3. The van der Waals surface area contributed by atoms with Crippen molar-refractivity contribution in [2.45, 2.75) is 0 Å². The molecule has 0 saturated heterocycles. The number of carbonyl (C=O) groups is 3. The first-order chi connectivity index (χ1) is 15.9. The number of carboxylic acid groups (broad SMARTS) is 1. The average Bonchev–Trinajstić information content (AvgIpc) is 2.78. The van der Waals surface area contributed by atoms with Crippen LogP contribution in [0.5, 0.6) is 11.5 Å². The maximum atomic E-state index is 14.0. The van der Waals surface area contributed by atoms with E-state index in [9.17, 15) is 37.1 Å². The number of ether oxygens (including phenoxy) is 2. The lowest BCUT2D eigenvalue weighted by Gasteiger charge is -2.12. The van der Waals surface area contributed by atoms with E-state index >= 15 is 0 Å². The van der Waals surface area contributed by atoms with Gasteiger partial charge in [-0.15, -0.1) is 0 Å². The van der Waals surface area contributed by atoms with Crippen molar-refractivity contribution < 1.29 is 46.5 Å². The highest BCUT2D eigenvalue weighted by Crippen LogP contribution is 2.32. The lowest BCUT2D eigenvalue weighted by Crippen LogP contribution is -2.27. The van der Waals surface area contributed by atoms with Crippen molar-refractivity contribution in [3.8, 4) is 11.5 Å². The van der Waals surface area contributed by atoms with E-state index in [1.165, 1.54) is 6.07 Å². The van der Waals surface area contributed by atoms with Gasteiger partial charge in [0.1, 0.15) is 5.75 Å². The van der Waals surface area contributed by atoms with Crippen molar-refractivity contribution in [2.75, 3.05) is 0 Å². The molecule has 0 N–H and O–H groups in total. The minimum absolute atomic E-state index is 0.0164. The quantitative estimate of drug-likeness (QED) is 0.158. The zero-order valence-electron chi connectivity index (χ0n) is 16.1. The van der Waals surface area contributed by atoms with Crippen molar-refractivity contribution in [1.82, 2.24) is 0 Å². The van der Waals surface area contributed by atoms with E-state index in [0.717, 1.165) is 24.3 Å². The molecule has 0 atom stereocenters. The Kier molecular flexibility index (Phi) is 7.78. The Morgan fingerprint density at radius 2 is 1.32 bits per heavy atom. The fraction of sp³-hybridized carbons (Fsp3) is 0. The van der Waals surface area contributed by atoms with Gasteiger partial charge < -0.3 is 19.4 Å². The van der Waals surface area contributed by atoms with Gasteiger partial charge in [-0.1, -0.05) is 15.9 Å². The molecule has 13 heteroatoms. The highest BCUT2D eigenvalue weighted by Gasteiger charge is 2.29.